The van der Waals surface area contributed by atoms with Gasteiger partial charge in [0.1, 0.15) is 11.2 Å². The Morgan fingerprint density at radius 3 is 2.61 bits per heavy atom. The molecule has 4 rings (SSSR count). The number of ether oxygens (including phenoxy) is 1. The topological polar surface area (TPSA) is 72.6 Å². The normalized spacial score (nSPS) is 11.2. The van der Waals surface area contributed by atoms with Crippen molar-refractivity contribution in [2.75, 3.05) is 25.1 Å². The first-order valence-electron chi connectivity index (χ1n) is 9.22. The Hall–Kier alpha value is -3.41. The minimum Gasteiger partial charge on any atom is -0.462 e. The van der Waals surface area contributed by atoms with Crippen molar-refractivity contribution in [3.63, 3.8) is 0 Å². The molecule has 0 saturated carbocycles. The molecule has 1 aliphatic carbocycles. The first-order valence-corrected chi connectivity index (χ1v) is 9.22. The van der Waals surface area contributed by atoms with Crippen LogP contribution >= 0.6 is 0 Å². The van der Waals surface area contributed by atoms with Gasteiger partial charge < -0.3 is 14.1 Å². The van der Waals surface area contributed by atoms with E-state index < -0.39 is 11.4 Å². The van der Waals surface area contributed by atoms with E-state index in [9.17, 15) is 9.59 Å². The lowest BCUT2D eigenvalue weighted by atomic mass is 9.99. The first kappa shape index (κ1) is 18.0. The van der Waals surface area contributed by atoms with Crippen LogP contribution in [0.1, 0.15) is 24.2 Å². The van der Waals surface area contributed by atoms with E-state index in [0.717, 1.165) is 12.2 Å². The van der Waals surface area contributed by atoms with E-state index in [0.29, 0.717) is 27.6 Å². The zero-order valence-corrected chi connectivity index (χ0v) is 16.0. The largest absolute Gasteiger partial charge is 0.462 e. The van der Waals surface area contributed by atoms with Crippen LogP contribution < -0.4 is 10.3 Å². The monoisotopic (exact) mass is 376 g/mol. The van der Waals surface area contributed by atoms with E-state index >= 15 is 0 Å². The Balaban J connectivity index is 2.12. The van der Waals surface area contributed by atoms with Crippen molar-refractivity contribution in [3.05, 3.63) is 58.3 Å². The summed E-state index contributed by atoms with van der Waals surface area (Å²) >= 11 is 0. The molecule has 0 saturated heterocycles. The predicted octanol–water partition coefficient (Wildman–Crippen LogP) is 4.08. The number of esters is 1. The smallest absolute Gasteiger partial charge is 0.346 e. The fourth-order valence-corrected chi connectivity index (χ4v) is 3.29. The van der Waals surface area contributed by atoms with Gasteiger partial charge in [-0.25, -0.2) is 9.78 Å². The lowest BCUT2D eigenvalue weighted by Crippen LogP contribution is -2.20. The third kappa shape index (κ3) is 2.78. The number of carbonyl (C=O) groups excluding carboxylic acids is 1. The van der Waals surface area contributed by atoms with Crippen LogP contribution in [0.2, 0.25) is 0 Å². The van der Waals surface area contributed by atoms with Crippen molar-refractivity contribution in [2.45, 2.75) is 13.8 Å². The summed E-state index contributed by atoms with van der Waals surface area (Å²) in [5.41, 5.74) is 2.07. The fourth-order valence-electron chi connectivity index (χ4n) is 3.29. The molecular weight excluding hydrogens is 356 g/mol. The Labute approximate surface area is 161 Å². The molecule has 1 heterocycles. The van der Waals surface area contributed by atoms with Crippen LogP contribution in [0, 0.1) is 0 Å². The third-order valence-corrected chi connectivity index (χ3v) is 4.88. The second kappa shape index (κ2) is 6.96. The van der Waals surface area contributed by atoms with Gasteiger partial charge in [-0.3, -0.25) is 4.79 Å². The van der Waals surface area contributed by atoms with Crippen molar-refractivity contribution >= 4 is 33.5 Å². The number of nitrogens with zero attached hydrogens (tertiary/aromatic N) is 2. The number of fused-ring (bicyclic) bond motifs is 4. The number of aromatic nitrogens is 1. The average Bonchev–Trinajstić information content (AvgIpc) is 2.72. The summed E-state index contributed by atoms with van der Waals surface area (Å²) in [5.74, 6) is -0.541. The number of anilines is 1. The second-order valence-corrected chi connectivity index (χ2v) is 6.53. The Bertz CT molecular complexity index is 1230. The Morgan fingerprint density at radius 2 is 1.89 bits per heavy atom. The quantitative estimate of drug-likeness (QED) is 0.304. The number of hydrogen-bond donors (Lipinski definition) is 0. The molecule has 6 heteroatoms. The van der Waals surface area contributed by atoms with Gasteiger partial charge in [0.15, 0.2) is 16.9 Å². The van der Waals surface area contributed by atoms with Crippen LogP contribution in [-0.2, 0) is 4.74 Å². The van der Waals surface area contributed by atoms with Crippen LogP contribution in [0.25, 0.3) is 33.3 Å². The average molecular weight is 376 g/mol. The summed E-state index contributed by atoms with van der Waals surface area (Å²) in [6.07, 6.45) is 0. The van der Waals surface area contributed by atoms with E-state index in [1.807, 2.05) is 37.4 Å². The van der Waals surface area contributed by atoms with E-state index in [-0.39, 0.29) is 17.9 Å². The van der Waals surface area contributed by atoms with Crippen LogP contribution in [-0.4, -0.2) is 31.2 Å². The predicted molar refractivity (Wildman–Crippen MR) is 109 cm³/mol. The Morgan fingerprint density at radius 1 is 1.14 bits per heavy atom. The van der Waals surface area contributed by atoms with Gasteiger partial charge in [0.2, 0.25) is 5.43 Å². The van der Waals surface area contributed by atoms with Crippen molar-refractivity contribution in [1.82, 2.24) is 4.98 Å². The van der Waals surface area contributed by atoms with Gasteiger partial charge in [0.25, 0.3) is 0 Å². The maximum atomic E-state index is 13.0. The minimum absolute atomic E-state index is 0.112. The van der Waals surface area contributed by atoms with E-state index in [1.165, 1.54) is 0 Å². The molecule has 0 atom stereocenters. The highest BCUT2D eigenvalue weighted by molar-refractivity contribution is 6.06. The highest BCUT2D eigenvalue weighted by atomic mass is 16.5. The summed E-state index contributed by atoms with van der Waals surface area (Å²) in [4.78, 5) is 32.4. The van der Waals surface area contributed by atoms with Crippen molar-refractivity contribution < 1.29 is 13.9 Å². The van der Waals surface area contributed by atoms with Gasteiger partial charge in [-0.05, 0) is 26.0 Å². The molecule has 0 N–H and O–H groups in total. The van der Waals surface area contributed by atoms with Crippen LogP contribution in [0.15, 0.2) is 51.7 Å². The molecule has 0 spiro atoms. The zero-order valence-electron chi connectivity index (χ0n) is 16.0. The molecule has 0 fully saturated rings. The van der Waals surface area contributed by atoms with Gasteiger partial charge in [0.05, 0.1) is 6.61 Å². The Kier molecular flexibility index (Phi) is 4.47. The van der Waals surface area contributed by atoms with Gasteiger partial charge in [-0.1, -0.05) is 24.3 Å². The molecule has 0 aromatic heterocycles. The molecule has 2 aliphatic rings. The summed E-state index contributed by atoms with van der Waals surface area (Å²) in [6.45, 7) is 4.74. The SMILES string of the molecule is CCOC(=O)c1c2oc3cc(N(C)CC)ccc3nc-2c2ccccc2c1=O. The molecule has 1 aliphatic heterocycles. The van der Waals surface area contributed by atoms with Crippen LogP contribution in [0.5, 0.6) is 0 Å². The van der Waals surface area contributed by atoms with Crippen molar-refractivity contribution in [1.29, 1.82) is 0 Å². The molecular formula is C22H20N2O4. The number of rotatable bonds is 4. The molecule has 142 valence electrons. The number of benzene rings is 3. The molecule has 2 aromatic carbocycles. The van der Waals surface area contributed by atoms with Gasteiger partial charge in [-0.15, -0.1) is 0 Å². The lowest BCUT2D eigenvalue weighted by molar-refractivity contribution is 0.0524. The molecule has 2 aromatic rings. The summed E-state index contributed by atoms with van der Waals surface area (Å²) in [7, 11) is 1.98. The molecule has 28 heavy (non-hydrogen) atoms. The zero-order chi connectivity index (χ0) is 19.8. The highest BCUT2D eigenvalue weighted by Gasteiger charge is 2.27. The van der Waals surface area contributed by atoms with Crippen LogP contribution in [0.3, 0.4) is 0 Å². The summed E-state index contributed by atoms with van der Waals surface area (Å²) < 4.78 is 11.2. The number of hydrogen-bond acceptors (Lipinski definition) is 6. The second-order valence-electron chi connectivity index (χ2n) is 6.53. The summed E-state index contributed by atoms with van der Waals surface area (Å²) in [6, 6.07) is 12.8. The minimum atomic E-state index is -0.699. The highest BCUT2D eigenvalue weighted by Crippen LogP contribution is 2.34. The van der Waals surface area contributed by atoms with Gasteiger partial charge in [0, 0.05) is 36.1 Å². The molecule has 0 radical (unpaired) electrons. The maximum absolute atomic E-state index is 13.0. The molecule has 0 amide bonds. The molecule has 0 bridgehead atoms. The van der Waals surface area contributed by atoms with E-state index in [2.05, 4.69) is 11.8 Å². The van der Waals surface area contributed by atoms with E-state index in [1.54, 1.807) is 19.1 Å². The number of carbonyl (C=O) groups is 1. The molecule has 6 nitrogen and oxygen atoms in total. The standard InChI is InChI=1S/C22H20N2O4/c1-4-24(3)13-10-11-16-17(12-13)28-21-18(22(26)27-5-2)20(25)15-9-7-6-8-14(15)19(21)23-16/h6-12H,4-5H2,1-3H3. The first-order chi connectivity index (χ1) is 13.5. The fraction of sp³-hybridized carbons (Fsp3) is 0.227. The van der Waals surface area contributed by atoms with Crippen molar-refractivity contribution in [3.8, 4) is 11.5 Å². The third-order valence-electron chi connectivity index (χ3n) is 4.88. The lowest BCUT2D eigenvalue weighted by Gasteiger charge is -2.18. The maximum Gasteiger partial charge on any atom is 0.346 e. The summed E-state index contributed by atoms with van der Waals surface area (Å²) in [5, 5.41) is 1.07. The molecule has 0 unspecified atom stereocenters. The van der Waals surface area contributed by atoms with Crippen LogP contribution in [0.4, 0.5) is 5.69 Å². The van der Waals surface area contributed by atoms with Gasteiger partial charge in [-0.2, -0.15) is 0 Å². The van der Waals surface area contributed by atoms with Gasteiger partial charge >= 0.3 is 5.97 Å². The van der Waals surface area contributed by atoms with Crippen molar-refractivity contribution in [2.24, 2.45) is 0 Å². The van der Waals surface area contributed by atoms with E-state index in [4.69, 9.17) is 14.1 Å².